The van der Waals surface area contributed by atoms with Crippen molar-refractivity contribution in [3.8, 4) is 6.07 Å². The maximum atomic E-state index is 13.2. The lowest BCUT2D eigenvalue weighted by atomic mass is 9.75. The molecule has 158 valence electrons. The minimum absolute atomic E-state index is 0.203. The van der Waals surface area contributed by atoms with Gasteiger partial charge in [0.1, 0.15) is 11.7 Å². The van der Waals surface area contributed by atoms with Crippen LogP contribution in [0.3, 0.4) is 0 Å². The van der Waals surface area contributed by atoms with E-state index in [0.29, 0.717) is 28.2 Å². The van der Waals surface area contributed by atoms with Crippen molar-refractivity contribution in [2.45, 2.75) is 39.5 Å². The maximum absolute atomic E-state index is 13.2. The third-order valence-electron chi connectivity index (χ3n) is 5.48. The molecular formula is C23H27N3O4. The molecule has 1 fully saturated rings. The Morgan fingerprint density at radius 1 is 1.17 bits per heavy atom. The number of aliphatic imine (C=N–C) groups is 1. The van der Waals surface area contributed by atoms with Crippen LogP contribution in [0.15, 0.2) is 40.7 Å². The molecule has 2 atom stereocenters. The largest absolute Gasteiger partial charge is 0.465 e. The first-order valence-electron chi connectivity index (χ1n) is 10.4. The summed E-state index contributed by atoms with van der Waals surface area (Å²) in [6.45, 7) is 7.25. The lowest BCUT2D eigenvalue weighted by molar-refractivity contribution is -0.146. The van der Waals surface area contributed by atoms with Gasteiger partial charge in [-0.2, -0.15) is 5.26 Å². The van der Waals surface area contributed by atoms with E-state index < -0.39 is 23.8 Å². The number of carbonyl (C=O) groups excluding carboxylic acids is 2. The van der Waals surface area contributed by atoms with Gasteiger partial charge in [-0.25, -0.2) is 9.79 Å². The summed E-state index contributed by atoms with van der Waals surface area (Å²) < 4.78 is 10.7. The van der Waals surface area contributed by atoms with Gasteiger partial charge in [0, 0.05) is 24.7 Å². The van der Waals surface area contributed by atoms with E-state index in [9.17, 15) is 14.9 Å². The molecule has 0 amide bonds. The number of ether oxygens (including phenoxy) is 2. The fraction of sp³-hybridized carbons (Fsp3) is 0.478. The smallest absolute Gasteiger partial charge is 0.338 e. The molecule has 1 aromatic carbocycles. The second-order valence-corrected chi connectivity index (χ2v) is 7.31. The molecular weight excluding hydrogens is 382 g/mol. The van der Waals surface area contributed by atoms with Gasteiger partial charge < -0.3 is 14.4 Å². The van der Waals surface area contributed by atoms with Gasteiger partial charge in [0.15, 0.2) is 0 Å². The molecule has 7 heteroatoms. The molecule has 0 radical (unpaired) electrons. The van der Waals surface area contributed by atoms with Gasteiger partial charge >= 0.3 is 11.9 Å². The highest BCUT2D eigenvalue weighted by Gasteiger charge is 2.45. The Labute approximate surface area is 177 Å². The molecule has 0 aromatic heterocycles. The van der Waals surface area contributed by atoms with Crippen molar-refractivity contribution in [2.24, 2.45) is 10.9 Å². The van der Waals surface area contributed by atoms with Crippen LogP contribution in [-0.2, 0) is 19.1 Å². The van der Waals surface area contributed by atoms with Gasteiger partial charge in [0.05, 0.1) is 30.4 Å². The van der Waals surface area contributed by atoms with Gasteiger partial charge in [0.25, 0.3) is 0 Å². The third-order valence-corrected chi connectivity index (χ3v) is 5.48. The molecule has 2 aliphatic heterocycles. The fourth-order valence-electron chi connectivity index (χ4n) is 4.18. The summed E-state index contributed by atoms with van der Waals surface area (Å²) in [5.74, 6) is -1.93. The van der Waals surface area contributed by atoms with E-state index in [2.05, 4.69) is 11.0 Å². The predicted octanol–water partition coefficient (Wildman–Crippen LogP) is 3.17. The maximum Gasteiger partial charge on any atom is 0.338 e. The molecule has 1 aromatic rings. The molecule has 2 unspecified atom stereocenters. The van der Waals surface area contributed by atoms with Crippen molar-refractivity contribution in [3.63, 3.8) is 0 Å². The number of carbonyl (C=O) groups is 2. The summed E-state index contributed by atoms with van der Waals surface area (Å²) in [6, 6.07) is 9.24. The summed E-state index contributed by atoms with van der Waals surface area (Å²) in [6.07, 6.45) is 2.02. The lowest BCUT2D eigenvalue weighted by Gasteiger charge is -2.35. The minimum Gasteiger partial charge on any atom is -0.465 e. The van der Waals surface area contributed by atoms with Crippen molar-refractivity contribution in [1.82, 2.24) is 4.90 Å². The number of nitrogens with zero attached hydrogens (tertiary/aromatic N) is 3. The van der Waals surface area contributed by atoms with Crippen LogP contribution in [-0.4, -0.2) is 48.9 Å². The Bertz CT molecular complexity index is 923. The van der Waals surface area contributed by atoms with Crippen LogP contribution in [0.5, 0.6) is 0 Å². The average molecular weight is 409 g/mol. The summed E-state index contributed by atoms with van der Waals surface area (Å²) in [5, 5.41) is 9.71. The highest BCUT2D eigenvalue weighted by Crippen LogP contribution is 2.42. The van der Waals surface area contributed by atoms with Crippen molar-refractivity contribution in [1.29, 1.82) is 5.26 Å². The number of hydrogen-bond donors (Lipinski definition) is 0. The van der Waals surface area contributed by atoms with Crippen molar-refractivity contribution < 1.29 is 19.1 Å². The lowest BCUT2D eigenvalue weighted by Crippen LogP contribution is -2.39. The zero-order valence-corrected chi connectivity index (χ0v) is 17.7. The second kappa shape index (κ2) is 9.57. The normalized spacial score (nSPS) is 21.1. The monoisotopic (exact) mass is 409 g/mol. The molecule has 0 aliphatic carbocycles. The Morgan fingerprint density at radius 3 is 2.47 bits per heavy atom. The molecule has 0 saturated carbocycles. The van der Waals surface area contributed by atoms with E-state index >= 15 is 0 Å². The standard InChI is InChI=1S/C23H27N3O4/c1-4-29-22(27)18-15(3)25-21(26-12-8-9-13-26)20(23(28)30-5-2)19(18)17-11-7-6-10-16(17)14-24/h6-7,10-11,18-19H,4-5,8-9,12-13H2,1-3H3. The number of rotatable bonds is 6. The Kier molecular flexibility index (Phi) is 6.88. The number of likely N-dealkylation sites (tertiary alicyclic amines) is 1. The van der Waals surface area contributed by atoms with Crippen LogP contribution in [0.2, 0.25) is 0 Å². The van der Waals surface area contributed by atoms with E-state index in [0.717, 1.165) is 25.9 Å². The van der Waals surface area contributed by atoms with E-state index in [-0.39, 0.29) is 13.2 Å². The van der Waals surface area contributed by atoms with Gasteiger partial charge in [-0.05, 0) is 45.2 Å². The summed E-state index contributed by atoms with van der Waals surface area (Å²) in [7, 11) is 0. The second-order valence-electron chi connectivity index (χ2n) is 7.31. The van der Waals surface area contributed by atoms with E-state index in [1.165, 1.54) is 0 Å². The Hall–Kier alpha value is -3.14. The molecule has 0 spiro atoms. The highest BCUT2D eigenvalue weighted by molar-refractivity contribution is 6.07. The first-order chi connectivity index (χ1) is 14.5. The van der Waals surface area contributed by atoms with Crippen LogP contribution >= 0.6 is 0 Å². The van der Waals surface area contributed by atoms with Crippen LogP contribution in [0.25, 0.3) is 0 Å². The van der Waals surface area contributed by atoms with E-state index in [4.69, 9.17) is 14.5 Å². The number of hydrogen-bond acceptors (Lipinski definition) is 7. The first kappa shape index (κ1) is 21.6. The van der Waals surface area contributed by atoms with Crippen LogP contribution in [0, 0.1) is 17.2 Å². The molecule has 2 heterocycles. The molecule has 1 saturated heterocycles. The Morgan fingerprint density at radius 2 is 1.83 bits per heavy atom. The highest BCUT2D eigenvalue weighted by atomic mass is 16.5. The minimum atomic E-state index is -0.801. The van der Waals surface area contributed by atoms with Gasteiger partial charge in [-0.15, -0.1) is 0 Å². The zero-order chi connectivity index (χ0) is 21.7. The fourth-order valence-corrected chi connectivity index (χ4v) is 4.18. The van der Waals surface area contributed by atoms with Crippen molar-refractivity contribution >= 4 is 17.7 Å². The summed E-state index contributed by atoms with van der Waals surface area (Å²) in [4.78, 5) is 32.9. The Balaban J connectivity index is 2.26. The molecule has 0 bridgehead atoms. The summed E-state index contributed by atoms with van der Waals surface area (Å²) in [5.41, 5.74) is 1.91. The topological polar surface area (TPSA) is 92.0 Å². The number of nitriles is 1. The summed E-state index contributed by atoms with van der Waals surface area (Å²) >= 11 is 0. The van der Waals surface area contributed by atoms with Gasteiger partial charge in [0.2, 0.25) is 0 Å². The van der Waals surface area contributed by atoms with Crippen molar-refractivity contribution in [2.75, 3.05) is 26.3 Å². The predicted molar refractivity (Wildman–Crippen MR) is 112 cm³/mol. The number of esters is 2. The van der Waals surface area contributed by atoms with Crippen LogP contribution in [0.1, 0.15) is 50.7 Å². The quantitative estimate of drug-likeness (QED) is 0.670. The van der Waals surface area contributed by atoms with Crippen LogP contribution < -0.4 is 0 Å². The molecule has 7 nitrogen and oxygen atoms in total. The molecule has 30 heavy (non-hydrogen) atoms. The average Bonchev–Trinajstić information content (AvgIpc) is 3.28. The van der Waals surface area contributed by atoms with E-state index in [1.807, 2.05) is 0 Å². The zero-order valence-electron chi connectivity index (χ0n) is 17.7. The van der Waals surface area contributed by atoms with Gasteiger partial charge in [-0.3, -0.25) is 4.79 Å². The van der Waals surface area contributed by atoms with Gasteiger partial charge in [-0.1, -0.05) is 18.2 Å². The van der Waals surface area contributed by atoms with E-state index in [1.54, 1.807) is 45.0 Å². The van der Waals surface area contributed by atoms with Crippen molar-refractivity contribution in [3.05, 3.63) is 46.8 Å². The first-order valence-corrected chi connectivity index (χ1v) is 10.4. The van der Waals surface area contributed by atoms with Crippen LogP contribution in [0.4, 0.5) is 0 Å². The molecule has 0 N–H and O–H groups in total. The third kappa shape index (κ3) is 4.09. The molecule has 2 aliphatic rings. The molecule has 3 rings (SSSR count). The number of benzene rings is 1. The SMILES string of the molecule is CCOC(=O)C1=C(N2CCCC2)N=C(C)C(C(=O)OCC)C1c1ccccc1C#N.